The number of aliphatic carboxylic acids is 1. The topological polar surface area (TPSA) is 66.4 Å². The normalized spacial score (nSPS) is 15.0. The van der Waals surface area contributed by atoms with Crippen molar-refractivity contribution in [3.8, 4) is 0 Å². The second-order valence-electron chi connectivity index (χ2n) is 3.22. The molecule has 0 aromatic rings. The highest BCUT2D eigenvalue weighted by atomic mass is 32.2. The molecule has 0 aliphatic carbocycles. The number of carbonyl (C=O) groups is 1. The fourth-order valence-corrected chi connectivity index (χ4v) is 1.64. The molecule has 0 amide bonds. The van der Waals surface area contributed by atoms with Crippen molar-refractivity contribution in [2.24, 2.45) is 0 Å². The second kappa shape index (κ2) is 7.94. The van der Waals surface area contributed by atoms with E-state index in [9.17, 15) is 9.00 Å². The van der Waals surface area contributed by atoms with Crippen molar-refractivity contribution >= 4 is 16.8 Å². The molecule has 84 valence electrons. The molecule has 0 saturated carbocycles. The zero-order chi connectivity index (χ0) is 11.0. The van der Waals surface area contributed by atoms with Crippen LogP contribution >= 0.6 is 0 Å². The smallest absolute Gasteiger partial charge is 0.303 e. The molecule has 0 rings (SSSR count). The summed E-state index contributed by atoms with van der Waals surface area (Å²) in [4.78, 5) is 10.3. The van der Waals surface area contributed by atoms with Gasteiger partial charge in [0.25, 0.3) is 0 Å². The summed E-state index contributed by atoms with van der Waals surface area (Å²) in [6, 6.07) is 0.181. The summed E-state index contributed by atoms with van der Waals surface area (Å²) < 4.78 is 11.0. The van der Waals surface area contributed by atoms with E-state index in [1.807, 2.05) is 13.8 Å². The van der Waals surface area contributed by atoms with E-state index in [2.05, 4.69) is 5.32 Å². The van der Waals surface area contributed by atoms with E-state index in [0.29, 0.717) is 24.5 Å². The van der Waals surface area contributed by atoms with Crippen LogP contribution in [0.2, 0.25) is 0 Å². The average molecular weight is 221 g/mol. The fourth-order valence-electron chi connectivity index (χ4n) is 1.01. The van der Waals surface area contributed by atoms with Crippen LogP contribution in [0.3, 0.4) is 0 Å². The van der Waals surface area contributed by atoms with Gasteiger partial charge >= 0.3 is 5.97 Å². The molecule has 4 nitrogen and oxygen atoms in total. The molecule has 14 heavy (non-hydrogen) atoms. The third-order valence-corrected chi connectivity index (χ3v) is 3.24. The van der Waals surface area contributed by atoms with Gasteiger partial charge in [-0.05, 0) is 13.3 Å². The van der Waals surface area contributed by atoms with E-state index < -0.39 is 16.8 Å². The van der Waals surface area contributed by atoms with Crippen molar-refractivity contribution in [3.63, 3.8) is 0 Å². The number of rotatable bonds is 8. The predicted octanol–water partition coefficient (Wildman–Crippen LogP) is 0.598. The Morgan fingerprint density at radius 2 is 2.21 bits per heavy atom. The van der Waals surface area contributed by atoms with Gasteiger partial charge in [-0.25, -0.2) is 0 Å². The Bertz CT molecular complexity index is 196. The standard InChI is InChI=1S/C9H19NO3S/c1-3-14(13)7-6-10-8(2)4-5-9(11)12/h8,10H,3-7H2,1-2H3,(H,11,12). The Hall–Kier alpha value is -0.420. The van der Waals surface area contributed by atoms with Crippen molar-refractivity contribution in [1.29, 1.82) is 0 Å². The molecule has 0 aliphatic rings. The van der Waals surface area contributed by atoms with Gasteiger partial charge in [0.15, 0.2) is 0 Å². The van der Waals surface area contributed by atoms with Gasteiger partial charge in [0, 0.05) is 41.3 Å². The molecule has 0 saturated heterocycles. The van der Waals surface area contributed by atoms with E-state index in [-0.39, 0.29) is 12.5 Å². The van der Waals surface area contributed by atoms with Crippen LogP contribution in [0.15, 0.2) is 0 Å². The number of hydrogen-bond acceptors (Lipinski definition) is 3. The lowest BCUT2D eigenvalue weighted by molar-refractivity contribution is -0.137. The number of nitrogens with one attached hydrogen (secondary N) is 1. The zero-order valence-electron chi connectivity index (χ0n) is 8.78. The predicted molar refractivity (Wildman–Crippen MR) is 57.9 cm³/mol. The highest BCUT2D eigenvalue weighted by Crippen LogP contribution is 1.95. The molecule has 0 aliphatic heterocycles. The Morgan fingerprint density at radius 3 is 2.71 bits per heavy atom. The summed E-state index contributed by atoms with van der Waals surface area (Å²) in [5, 5.41) is 11.6. The summed E-state index contributed by atoms with van der Waals surface area (Å²) in [5.74, 6) is 0.565. The molecule has 0 aromatic heterocycles. The molecule has 2 N–H and O–H groups in total. The summed E-state index contributed by atoms with van der Waals surface area (Å²) in [7, 11) is -0.735. The van der Waals surface area contributed by atoms with Gasteiger partial charge in [-0.1, -0.05) is 6.92 Å². The van der Waals surface area contributed by atoms with Crippen LogP contribution in [0, 0.1) is 0 Å². The molecule has 2 unspecified atom stereocenters. The van der Waals surface area contributed by atoms with Crippen LogP contribution in [0.1, 0.15) is 26.7 Å². The minimum atomic E-state index is -0.768. The first-order chi connectivity index (χ1) is 6.56. The quantitative estimate of drug-likeness (QED) is 0.630. The Labute approximate surface area is 87.5 Å². The van der Waals surface area contributed by atoms with E-state index in [1.165, 1.54) is 0 Å². The van der Waals surface area contributed by atoms with Gasteiger partial charge < -0.3 is 10.4 Å². The zero-order valence-corrected chi connectivity index (χ0v) is 9.60. The first kappa shape index (κ1) is 13.6. The van der Waals surface area contributed by atoms with Gasteiger partial charge in [-0.15, -0.1) is 0 Å². The Kier molecular flexibility index (Phi) is 7.70. The molecule has 2 atom stereocenters. The van der Waals surface area contributed by atoms with E-state index in [4.69, 9.17) is 5.11 Å². The highest BCUT2D eigenvalue weighted by Gasteiger charge is 2.04. The molecular formula is C9H19NO3S. The third kappa shape index (κ3) is 8.19. The molecule has 0 heterocycles. The average Bonchev–Trinajstić information content (AvgIpc) is 2.14. The van der Waals surface area contributed by atoms with E-state index in [0.717, 1.165) is 0 Å². The molecule has 0 aromatic carbocycles. The largest absolute Gasteiger partial charge is 0.481 e. The second-order valence-corrected chi connectivity index (χ2v) is 5.09. The fraction of sp³-hybridized carbons (Fsp3) is 0.889. The summed E-state index contributed by atoms with van der Waals surface area (Å²) >= 11 is 0. The highest BCUT2D eigenvalue weighted by molar-refractivity contribution is 7.84. The Morgan fingerprint density at radius 1 is 1.57 bits per heavy atom. The third-order valence-electron chi connectivity index (χ3n) is 1.94. The van der Waals surface area contributed by atoms with Crippen LogP contribution in [0.5, 0.6) is 0 Å². The lowest BCUT2D eigenvalue weighted by Gasteiger charge is -2.11. The van der Waals surface area contributed by atoms with Crippen molar-refractivity contribution in [1.82, 2.24) is 5.32 Å². The van der Waals surface area contributed by atoms with Crippen LogP contribution in [0.25, 0.3) is 0 Å². The molecule has 5 heteroatoms. The number of carboxylic acid groups (broad SMARTS) is 1. The molecule has 0 spiro atoms. The summed E-state index contributed by atoms with van der Waals surface area (Å²) in [5.41, 5.74) is 0. The van der Waals surface area contributed by atoms with Crippen molar-refractivity contribution in [3.05, 3.63) is 0 Å². The van der Waals surface area contributed by atoms with Gasteiger partial charge in [0.1, 0.15) is 0 Å². The maximum atomic E-state index is 11.0. The van der Waals surface area contributed by atoms with Crippen molar-refractivity contribution in [2.45, 2.75) is 32.7 Å². The van der Waals surface area contributed by atoms with E-state index in [1.54, 1.807) is 0 Å². The maximum absolute atomic E-state index is 11.0. The lowest BCUT2D eigenvalue weighted by atomic mass is 10.2. The van der Waals surface area contributed by atoms with Gasteiger partial charge in [-0.2, -0.15) is 0 Å². The SMILES string of the molecule is CCS(=O)CCNC(C)CCC(=O)O. The van der Waals surface area contributed by atoms with Crippen LogP contribution < -0.4 is 5.32 Å². The number of carboxylic acids is 1. The van der Waals surface area contributed by atoms with Gasteiger partial charge in [-0.3, -0.25) is 9.00 Å². The van der Waals surface area contributed by atoms with Gasteiger partial charge in [0.05, 0.1) is 0 Å². The van der Waals surface area contributed by atoms with Crippen LogP contribution in [-0.4, -0.2) is 39.4 Å². The molecule has 0 radical (unpaired) electrons. The van der Waals surface area contributed by atoms with E-state index >= 15 is 0 Å². The molecule has 0 bridgehead atoms. The van der Waals surface area contributed by atoms with Gasteiger partial charge in [0.2, 0.25) is 0 Å². The number of hydrogen-bond donors (Lipinski definition) is 2. The first-order valence-corrected chi connectivity index (χ1v) is 6.35. The van der Waals surface area contributed by atoms with Crippen molar-refractivity contribution < 1.29 is 14.1 Å². The summed E-state index contributed by atoms with van der Waals surface area (Å²) in [6.07, 6.45) is 0.805. The minimum Gasteiger partial charge on any atom is -0.481 e. The lowest BCUT2D eigenvalue weighted by Crippen LogP contribution is -2.30. The van der Waals surface area contributed by atoms with Crippen LogP contribution in [-0.2, 0) is 15.6 Å². The van der Waals surface area contributed by atoms with Crippen molar-refractivity contribution in [2.75, 3.05) is 18.1 Å². The minimum absolute atomic E-state index is 0.181. The maximum Gasteiger partial charge on any atom is 0.303 e. The molecular weight excluding hydrogens is 202 g/mol. The Balaban J connectivity index is 3.39. The monoisotopic (exact) mass is 221 g/mol. The summed E-state index contributed by atoms with van der Waals surface area (Å²) in [6.45, 7) is 4.53. The molecule has 0 fully saturated rings. The first-order valence-electron chi connectivity index (χ1n) is 4.86. The van der Waals surface area contributed by atoms with Crippen LogP contribution in [0.4, 0.5) is 0 Å².